The number of halogens is 1. The second-order valence-corrected chi connectivity index (χ2v) is 8.51. The van der Waals surface area contributed by atoms with E-state index in [0.717, 1.165) is 27.5 Å². The van der Waals surface area contributed by atoms with Crippen molar-refractivity contribution in [2.24, 2.45) is 0 Å². The highest BCUT2D eigenvalue weighted by molar-refractivity contribution is 7.98. The maximum atomic E-state index is 12.4. The van der Waals surface area contributed by atoms with Gasteiger partial charge >= 0.3 is 0 Å². The van der Waals surface area contributed by atoms with Gasteiger partial charge in [-0.15, -0.1) is 11.3 Å². The topological polar surface area (TPSA) is 46.1 Å². The first-order chi connectivity index (χ1) is 12.9. The molecule has 0 radical (unpaired) electrons. The highest BCUT2D eigenvalue weighted by atomic mass is 35.5. The minimum atomic E-state index is -0.0497. The van der Waals surface area contributed by atoms with Gasteiger partial charge in [-0.05, 0) is 44.0 Å². The van der Waals surface area contributed by atoms with Crippen molar-refractivity contribution < 1.29 is 4.79 Å². The van der Waals surface area contributed by atoms with E-state index in [9.17, 15) is 4.79 Å². The third-order valence-electron chi connectivity index (χ3n) is 3.99. The van der Waals surface area contributed by atoms with Gasteiger partial charge in [0.2, 0.25) is 5.91 Å². The monoisotopic (exact) mass is 417 g/mol. The Morgan fingerprint density at radius 3 is 2.59 bits per heavy atom. The summed E-state index contributed by atoms with van der Waals surface area (Å²) in [5.74, 6) is 0.594. The smallest absolute Gasteiger partial charge is 0.230 e. The predicted molar refractivity (Wildman–Crippen MR) is 114 cm³/mol. The fraction of sp³-hybridized carbons (Fsp3) is 0.250. The van der Waals surface area contributed by atoms with Crippen molar-refractivity contribution in [1.29, 1.82) is 0 Å². The Morgan fingerprint density at radius 2 is 1.96 bits per heavy atom. The number of thioether (sulfide) groups is 1. The van der Waals surface area contributed by atoms with E-state index in [1.54, 1.807) is 18.0 Å². The summed E-state index contributed by atoms with van der Waals surface area (Å²) in [4.78, 5) is 23.1. The number of aromatic nitrogens is 2. The second kappa shape index (κ2) is 8.42. The molecular formula is C20H20ClN3OS2. The number of thiazole rings is 1. The van der Waals surface area contributed by atoms with Crippen molar-refractivity contribution in [3.05, 3.63) is 63.2 Å². The Balaban J connectivity index is 1.87. The van der Waals surface area contributed by atoms with Gasteiger partial charge in [0, 0.05) is 24.3 Å². The molecule has 27 heavy (non-hydrogen) atoms. The normalized spacial score (nSPS) is 10.9. The molecule has 0 N–H and O–H groups in total. The molecule has 0 aliphatic heterocycles. The first-order valence-electron chi connectivity index (χ1n) is 8.43. The molecule has 140 valence electrons. The molecule has 7 heteroatoms. The Bertz CT molecular complexity index is 964. The SMILES string of the molecule is CC(=O)N(c1nc(CSc2ncccc2Cl)cs1)c1c(C)cc(C)cc1C. The van der Waals surface area contributed by atoms with Crippen molar-refractivity contribution in [2.75, 3.05) is 4.90 Å². The maximum absolute atomic E-state index is 12.4. The average molecular weight is 418 g/mol. The third kappa shape index (κ3) is 4.51. The number of hydrogen-bond acceptors (Lipinski definition) is 5. The molecule has 0 saturated heterocycles. The van der Waals surface area contributed by atoms with Crippen LogP contribution in [0.25, 0.3) is 0 Å². The molecule has 4 nitrogen and oxygen atoms in total. The van der Waals surface area contributed by atoms with Gasteiger partial charge in [0.05, 0.1) is 16.4 Å². The van der Waals surface area contributed by atoms with E-state index in [1.165, 1.54) is 28.7 Å². The lowest BCUT2D eigenvalue weighted by Gasteiger charge is -2.23. The van der Waals surface area contributed by atoms with Crippen LogP contribution in [-0.4, -0.2) is 15.9 Å². The molecule has 0 atom stereocenters. The Kier molecular flexibility index (Phi) is 6.19. The van der Waals surface area contributed by atoms with Crippen LogP contribution < -0.4 is 4.90 Å². The van der Waals surface area contributed by atoms with Gasteiger partial charge < -0.3 is 0 Å². The molecule has 0 bridgehead atoms. The minimum Gasteiger partial charge on any atom is -0.274 e. The largest absolute Gasteiger partial charge is 0.274 e. The number of anilines is 2. The number of nitrogens with zero attached hydrogens (tertiary/aromatic N) is 3. The summed E-state index contributed by atoms with van der Waals surface area (Å²) in [5, 5.41) is 4.07. The summed E-state index contributed by atoms with van der Waals surface area (Å²) in [6.07, 6.45) is 1.72. The quantitative estimate of drug-likeness (QED) is 0.471. The molecule has 0 aliphatic rings. The van der Waals surface area contributed by atoms with Gasteiger partial charge in [0.1, 0.15) is 5.03 Å². The fourth-order valence-electron chi connectivity index (χ4n) is 3.00. The van der Waals surface area contributed by atoms with Gasteiger partial charge in [-0.3, -0.25) is 9.69 Å². The Morgan fingerprint density at radius 1 is 1.26 bits per heavy atom. The van der Waals surface area contributed by atoms with Crippen molar-refractivity contribution in [3.63, 3.8) is 0 Å². The highest BCUT2D eigenvalue weighted by Gasteiger charge is 2.22. The van der Waals surface area contributed by atoms with Crippen molar-refractivity contribution >= 4 is 51.4 Å². The summed E-state index contributed by atoms with van der Waals surface area (Å²) in [7, 11) is 0. The number of carbonyl (C=O) groups excluding carboxylic acids is 1. The maximum Gasteiger partial charge on any atom is 0.230 e. The minimum absolute atomic E-state index is 0.0497. The van der Waals surface area contributed by atoms with Crippen molar-refractivity contribution in [2.45, 2.75) is 38.5 Å². The zero-order chi connectivity index (χ0) is 19.6. The molecular weight excluding hydrogens is 398 g/mol. The van der Waals surface area contributed by atoms with E-state index in [4.69, 9.17) is 11.6 Å². The van der Waals surface area contributed by atoms with Gasteiger partial charge in [-0.1, -0.05) is 41.1 Å². The number of carbonyl (C=O) groups is 1. The van der Waals surface area contributed by atoms with Gasteiger partial charge in [-0.2, -0.15) is 0 Å². The van der Waals surface area contributed by atoms with E-state index in [-0.39, 0.29) is 5.91 Å². The fourth-order valence-corrected chi connectivity index (χ4v) is 5.04. The predicted octanol–water partition coefficient (Wildman–Crippen LogP) is 6.09. The van der Waals surface area contributed by atoms with Crippen LogP contribution in [0.15, 0.2) is 40.9 Å². The summed E-state index contributed by atoms with van der Waals surface area (Å²) in [6.45, 7) is 7.68. The van der Waals surface area contributed by atoms with Crippen LogP contribution in [0.1, 0.15) is 29.3 Å². The van der Waals surface area contributed by atoms with Crippen LogP contribution >= 0.6 is 34.7 Å². The van der Waals surface area contributed by atoms with E-state index in [2.05, 4.69) is 29.0 Å². The molecule has 3 rings (SSSR count). The van der Waals surface area contributed by atoms with Crippen molar-refractivity contribution in [1.82, 2.24) is 9.97 Å². The molecule has 2 heterocycles. The second-order valence-electron chi connectivity index (χ2n) is 6.30. The van der Waals surface area contributed by atoms with Crippen LogP contribution in [0.3, 0.4) is 0 Å². The Hall–Kier alpha value is -1.89. The lowest BCUT2D eigenvalue weighted by atomic mass is 10.0. The van der Waals surface area contributed by atoms with E-state index < -0.39 is 0 Å². The molecule has 0 saturated carbocycles. The first-order valence-corrected chi connectivity index (χ1v) is 10.7. The number of rotatable bonds is 5. The van der Waals surface area contributed by atoms with Crippen LogP contribution in [0.4, 0.5) is 10.8 Å². The van der Waals surface area contributed by atoms with Gasteiger partial charge in [-0.25, -0.2) is 9.97 Å². The zero-order valence-corrected chi connectivity index (χ0v) is 18.0. The van der Waals surface area contributed by atoms with Gasteiger partial charge in [0.15, 0.2) is 5.13 Å². The first kappa shape index (κ1) is 19.9. The number of pyridine rings is 1. The van der Waals surface area contributed by atoms with Crippen LogP contribution in [0.2, 0.25) is 5.02 Å². The summed E-state index contributed by atoms with van der Waals surface area (Å²) in [6, 6.07) is 7.81. The molecule has 0 unspecified atom stereocenters. The van der Waals surface area contributed by atoms with Crippen LogP contribution in [0.5, 0.6) is 0 Å². The van der Waals surface area contributed by atoms with Crippen molar-refractivity contribution in [3.8, 4) is 0 Å². The van der Waals surface area contributed by atoms with E-state index >= 15 is 0 Å². The molecule has 0 aliphatic carbocycles. The lowest BCUT2D eigenvalue weighted by molar-refractivity contribution is -0.115. The third-order valence-corrected chi connectivity index (χ3v) is 6.32. The van der Waals surface area contributed by atoms with E-state index in [1.807, 2.05) is 31.4 Å². The summed E-state index contributed by atoms with van der Waals surface area (Å²) >= 11 is 9.17. The molecule has 1 aromatic carbocycles. The van der Waals surface area contributed by atoms with Gasteiger partial charge in [0.25, 0.3) is 0 Å². The zero-order valence-electron chi connectivity index (χ0n) is 15.6. The number of amides is 1. The molecule has 0 spiro atoms. The van der Waals surface area contributed by atoms with E-state index in [0.29, 0.717) is 15.9 Å². The highest BCUT2D eigenvalue weighted by Crippen LogP contribution is 2.35. The molecule has 3 aromatic rings. The number of hydrogen-bond donors (Lipinski definition) is 0. The van der Waals surface area contributed by atoms with Crippen LogP contribution in [-0.2, 0) is 10.5 Å². The number of aryl methyl sites for hydroxylation is 3. The lowest BCUT2D eigenvalue weighted by Crippen LogP contribution is -2.24. The average Bonchev–Trinajstić information content (AvgIpc) is 3.05. The Labute approximate surface area is 172 Å². The summed E-state index contributed by atoms with van der Waals surface area (Å²) < 4.78 is 0. The molecule has 2 aromatic heterocycles. The number of benzene rings is 1. The van der Waals surface area contributed by atoms with Crippen LogP contribution in [0, 0.1) is 20.8 Å². The molecule has 0 fully saturated rings. The molecule has 1 amide bonds. The standard InChI is InChI=1S/C20H20ClN3OS2/c1-12-8-13(2)18(14(3)9-12)24(15(4)25)20-23-16(11-27-20)10-26-19-17(21)6-5-7-22-19/h5-9,11H,10H2,1-4H3. The summed E-state index contributed by atoms with van der Waals surface area (Å²) in [5.41, 5.74) is 5.12.